The predicted octanol–water partition coefficient (Wildman–Crippen LogP) is 1.50. The minimum Gasteiger partial charge on any atom is -0.328 e. The van der Waals surface area contributed by atoms with Crippen LogP contribution in [-0.4, -0.2) is 18.6 Å². The Hall–Kier alpha value is -0.0800. The van der Waals surface area contributed by atoms with Gasteiger partial charge in [0.25, 0.3) is 0 Å². The second-order valence-electron chi connectivity index (χ2n) is 3.22. The Morgan fingerprint density at radius 2 is 1.91 bits per heavy atom. The molecule has 0 aromatic heterocycles. The highest BCUT2D eigenvalue weighted by molar-refractivity contribution is 4.66. The van der Waals surface area contributed by atoms with Gasteiger partial charge in [0.05, 0.1) is 0 Å². The third-order valence-electron chi connectivity index (χ3n) is 1.96. The highest BCUT2D eigenvalue weighted by Gasteiger charge is 2.04. The maximum atomic E-state index is 5.66. The lowest BCUT2D eigenvalue weighted by Crippen LogP contribution is -2.30. The van der Waals surface area contributed by atoms with Gasteiger partial charge in [0.1, 0.15) is 0 Å². The van der Waals surface area contributed by atoms with Crippen LogP contribution >= 0.6 is 0 Å². The van der Waals surface area contributed by atoms with Crippen molar-refractivity contribution in [2.75, 3.05) is 6.54 Å². The summed E-state index contributed by atoms with van der Waals surface area (Å²) in [6.07, 6.45) is 3.55. The monoisotopic (exact) mass is 158 g/mol. The van der Waals surface area contributed by atoms with Crippen LogP contribution in [-0.2, 0) is 0 Å². The molecule has 0 heterocycles. The van der Waals surface area contributed by atoms with Crippen LogP contribution in [0, 0.1) is 0 Å². The molecule has 0 saturated heterocycles. The van der Waals surface area contributed by atoms with Crippen molar-refractivity contribution in [2.24, 2.45) is 5.73 Å². The van der Waals surface area contributed by atoms with E-state index >= 15 is 0 Å². The lowest BCUT2D eigenvalue weighted by molar-refractivity contribution is 0.449. The van der Waals surface area contributed by atoms with Crippen molar-refractivity contribution in [1.29, 1.82) is 0 Å². The summed E-state index contributed by atoms with van der Waals surface area (Å²) in [6, 6.07) is 1.02. The van der Waals surface area contributed by atoms with Crippen LogP contribution in [0.5, 0.6) is 0 Å². The number of hydrogen-bond acceptors (Lipinski definition) is 2. The zero-order chi connectivity index (χ0) is 8.69. The van der Waals surface area contributed by atoms with Gasteiger partial charge in [-0.05, 0) is 32.7 Å². The molecule has 0 amide bonds. The van der Waals surface area contributed by atoms with Gasteiger partial charge < -0.3 is 11.1 Å². The summed E-state index contributed by atoms with van der Waals surface area (Å²) in [5.41, 5.74) is 5.66. The molecule has 0 spiro atoms. The molecular weight excluding hydrogens is 136 g/mol. The first-order valence-corrected chi connectivity index (χ1v) is 4.69. The van der Waals surface area contributed by atoms with Gasteiger partial charge in [0.15, 0.2) is 0 Å². The molecule has 0 rings (SSSR count). The molecule has 0 aromatic carbocycles. The van der Waals surface area contributed by atoms with E-state index in [1.165, 1.54) is 12.8 Å². The van der Waals surface area contributed by atoms with Gasteiger partial charge in [-0.1, -0.05) is 13.8 Å². The fraction of sp³-hybridized carbons (Fsp3) is 1.00. The van der Waals surface area contributed by atoms with E-state index in [4.69, 9.17) is 5.73 Å². The molecule has 2 heteroatoms. The van der Waals surface area contributed by atoms with Gasteiger partial charge in [-0.15, -0.1) is 0 Å². The van der Waals surface area contributed by atoms with Crippen LogP contribution in [0.2, 0.25) is 0 Å². The van der Waals surface area contributed by atoms with E-state index in [1.54, 1.807) is 0 Å². The fourth-order valence-electron chi connectivity index (χ4n) is 1.20. The first-order valence-electron chi connectivity index (χ1n) is 4.69. The van der Waals surface area contributed by atoms with Gasteiger partial charge in [-0.25, -0.2) is 0 Å². The van der Waals surface area contributed by atoms with Crippen LogP contribution in [0.25, 0.3) is 0 Å². The van der Waals surface area contributed by atoms with Gasteiger partial charge in [-0.3, -0.25) is 0 Å². The number of rotatable bonds is 6. The Balaban J connectivity index is 3.35. The molecule has 2 unspecified atom stereocenters. The summed E-state index contributed by atoms with van der Waals surface area (Å²) < 4.78 is 0. The summed E-state index contributed by atoms with van der Waals surface area (Å²) in [4.78, 5) is 0. The molecule has 0 saturated carbocycles. The third-order valence-corrected chi connectivity index (χ3v) is 1.96. The molecule has 0 radical (unpaired) electrons. The molecule has 0 aliphatic rings. The van der Waals surface area contributed by atoms with Crippen molar-refractivity contribution in [3.05, 3.63) is 0 Å². The molecule has 2 atom stereocenters. The van der Waals surface area contributed by atoms with Crippen LogP contribution in [0.1, 0.15) is 40.0 Å². The average Bonchev–Trinajstić information content (AvgIpc) is 1.97. The zero-order valence-electron chi connectivity index (χ0n) is 8.06. The minimum atomic E-state index is 0.350. The SMILES string of the molecule is CCNC(CC)CCC(C)N. The van der Waals surface area contributed by atoms with E-state index in [2.05, 4.69) is 26.1 Å². The molecule has 11 heavy (non-hydrogen) atoms. The van der Waals surface area contributed by atoms with Gasteiger partial charge >= 0.3 is 0 Å². The molecular formula is C9H22N2. The average molecular weight is 158 g/mol. The highest BCUT2D eigenvalue weighted by Crippen LogP contribution is 2.02. The smallest absolute Gasteiger partial charge is 0.00648 e. The van der Waals surface area contributed by atoms with Crippen molar-refractivity contribution >= 4 is 0 Å². The minimum absolute atomic E-state index is 0.350. The molecule has 68 valence electrons. The van der Waals surface area contributed by atoms with E-state index in [9.17, 15) is 0 Å². The zero-order valence-corrected chi connectivity index (χ0v) is 8.06. The lowest BCUT2D eigenvalue weighted by Gasteiger charge is -2.16. The predicted molar refractivity (Wildman–Crippen MR) is 50.6 cm³/mol. The fourth-order valence-corrected chi connectivity index (χ4v) is 1.20. The molecule has 3 N–H and O–H groups in total. The second kappa shape index (κ2) is 6.62. The number of hydrogen-bond donors (Lipinski definition) is 2. The van der Waals surface area contributed by atoms with Crippen molar-refractivity contribution in [3.8, 4) is 0 Å². The van der Waals surface area contributed by atoms with E-state index in [0.717, 1.165) is 13.0 Å². The molecule has 0 fully saturated rings. The normalized spacial score (nSPS) is 16.4. The molecule has 0 aromatic rings. The quantitative estimate of drug-likeness (QED) is 0.615. The Labute approximate surface area is 70.5 Å². The van der Waals surface area contributed by atoms with Crippen LogP contribution in [0.4, 0.5) is 0 Å². The van der Waals surface area contributed by atoms with Crippen LogP contribution < -0.4 is 11.1 Å². The first-order chi connectivity index (χ1) is 5.20. The van der Waals surface area contributed by atoms with Gasteiger partial charge in [-0.2, -0.15) is 0 Å². The standard InChI is InChI=1S/C9H22N2/c1-4-9(11-5-2)7-6-8(3)10/h8-9,11H,4-7,10H2,1-3H3. The first kappa shape index (κ1) is 10.9. The van der Waals surface area contributed by atoms with E-state index in [0.29, 0.717) is 12.1 Å². The van der Waals surface area contributed by atoms with Crippen molar-refractivity contribution < 1.29 is 0 Å². The van der Waals surface area contributed by atoms with Gasteiger partial charge in [0.2, 0.25) is 0 Å². The number of nitrogens with one attached hydrogen (secondary N) is 1. The topological polar surface area (TPSA) is 38.0 Å². The largest absolute Gasteiger partial charge is 0.328 e. The Kier molecular flexibility index (Phi) is 6.57. The van der Waals surface area contributed by atoms with E-state index in [1.807, 2.05) is 0 Å². The number of nitrogens with two attached hydrogens (primary N) is 1. The summed E-state index contributed by atoms with van der Waals surface area (Å²) in [5.74, 6) is 0. The molecule has 2 nitrogen and oxygen atoms in total. The maximum Gasteiger partial charge on any atom is 0.00648 e. The Morgan fingerprint density at radius 1 is 1.27 bits per heavy atom. The van der Waals surface area contributed by atoms with Crippen molar-refractivity contribution in [3.63, 3.8) is 0 Å². The third kappa shape index (κ3) is 6.32. The Morgan fingerprint density at radius 3 is 2.27 bits per heavy atom. The maximum absolute atomic E-state index is 5.66. The lowest BCUT2D eigenvalue weighted by atomic mass is 10.1. The summed E-state index contributed by atoms with van der Waals surface area (Å²) in [7, 11) is 0. The van der Waals surface area contributed by atoms with Crippen molar-refractivity contribution in [1.82, 2.24) is 5.32 Å². The van der Waals surface area contributed by atoms with E-state index < -0.39 is 0 Å². The van der Waals surface area contributed by atoms with Crippen LogP contribution in [0.15, 0.2) is 0 Å². The van der Waals surface area contributed by atoms with Gasteiger partial charge in [0, 0.05) is 12.1 Å². The summed E-state index contributed by atoms with van der Waals surface area (Å²) in [6.45, 7) is 7.50. The van der Waals surface area contributed by atoms with Crippen molar-refractivity contribution in [2.45, 2.75) is 52.1 Å². The highest BCUT2D eigenvalue weighted by atomic mass is 14.9. The second-order valence-corrected chi connectivity index (χ2v) is 3.22. The summed E-state index contributed by atoms with van der Waals surface area (Å²) in [5, 5.41) is 3.43. The molecule has 0 aliphatic carbocycles. The molecule has 0 aliphatic heterocycles. The van der Waals surface area contributed by atoms with Crippen LogP contribution in [0.3, 0.4) is 0 Å². The van der Waals surface area contributed by atoms with E-state index in [-0.39, 0.29) is 0 Å². The Bertz CT molecular complexity index is 81.6. The molecule has 0 bridgehead atoms. The summed E-state index contributed by atoms with van der Waals surface area (Å²) >= 11 is 0.